The second kappa shape index (κ2) is 14.4. The van der Waals surface area contributed by atoms with Crippen molar-refractivity contribution in [3.05, 3.63) is 88.4 Å². The van der Waals surface area contributed by atoms with Crippen LogP contribution in [0.5, 0.6) is 5.75 Å². The van der Waals surface area contributed by atoms with Crippen molar-refractivity contribution in [1.82, 2.24) is 10.2 Å². The Morgan fingerprint density at radius 1 is 0.975 bits per heavy atom. The maximum atomic E-state index is 13.9. The molecule has 0 aliphatic carbocycles. The second-order valence-corrected chi connectivity index (χ2v) is 11.8. The van der Waals surface area contributed by atoms with Crippen molar-refractivity contribution in [2.24, 2.45) is 0 Å². The summed E-state index contributed by atoms with van der Waals surface area (Å²) < 4.78 is 33.8. The highest BCUT2D eigenvalue weighted by Gasteiger charge is 2.32. The van der Waals surface area contributed by atoms with Crippen molar-refractivity contribution in [3.8, 4) is 5.75 Å². The molecule has 0 saturated heterocycles. The molecule has 214 valence electrons. The first-order valence-electron chi connectivity index (χ1n) is 12.8. The molecule has 0 saturated carbocycles. The summed E-state index contributed by atoms with van der Waals surface area (Å²) in [6.45, 7) is 3.57. The third-order valence-electron chi connectivity index (χ3n) is 6.30. The molecule has 0 aliphatic rings. The number of unbranched alkanes of at least 4 members (excludes halogenated alkanes) is 1. The fourth-order valence-electron chi connectivity index (χ4n) is 3.95. The minimum atomic E-state index is -4.17. The number of benzene rings is 3. The van der Waals surface area contributed by atoms with Gasteiger partial charge in [-0.1, -0.05) is 60.8 Å². The maximum absolute atomic E-state index is 13.9. The zero-order valence-corrected chi connectivity index (χ0v) is 25.0. The third kappa shape index (κ3) is 7.90. The van der Waals surface area contributed by atoms with Gasteiger partial charge in [-0.05, 0) is 67.4 Å². The number of para-hydroxylation sites is 1. The number of halogens is 2. The molecule has 2 amide bonds. The van der Waals surface area contributed by atoms with Gasteiger partial charge in [-0.2, -0.15) is 0 Å². The number of hydrogen-bond donors (Lipinski definition) is 1. The van der Waals surface area contributed by atoms with E-state index >= 15 is 0 Å². The van der Waals surface area contributed by atoms with Crippen LogP contribution in [0.3, 0.4) is 0 Å². The van der Waals surface area contributed by atoms with E-state index in [-0.39, 0.29) is 17.3 Å². The van der Waals surface area contributed by atoms with Crippen molar-refractivity contribution in [2.75, 3.05) is 24.5 Å². The smallest absolute Gasteiger partial charge is 0.264 e. The van der Waals surface area contributed by atoms with E-state index in [2.05, 4.69) is 5.32 Å². The maximum Gasteiger partial charge on any atom is 0.264 e. The molecule has 1 atom stereocenters. The monoisotopic (exact) mass is 605 g/mol. The van der Waals surface area contributed by atoms with E-state index in [1.807, 2.05) is 6.92 Å². The molecule has 3 rings (SSSR count). The molecule has 3 aromatic rings. The zero-order valence-electron chi connectivity index (χ0n) is 22.6. The van der Waals surface area contributed by atoms with Crippen LogP contribution in [0, 0.1) is 0 Å². The molecule has 0 unspecified atom stereocenters. The van der Waals surface area contributed by atoms with Gasteiger partial charge >= 0.3 is 0 Å². The Morgan fingerprint density at radius 3 is 2.25 bits per heavy atom. The van der Waals surface area contributed by atoms with Gasteiger partial charge in [-0.25, -0.2) is 8.42 Å². The lowest BCUT2D eigenvalue weighted by molar-refractivity contribution is -0.139. The summed E-state index contributed by atoms with van der Waals surface area (Å²) in [7, 11) is -2.68. The third-order valence-corrected chi connectivity index (χ3v) is 8.83. The minimum Gasteiger partial charge on any atom is -0.497 e. The predicted octanol–water partition coefficient (Wildman–Crippen LogP) is 5.53. The number of nitrogens with one attached hydrogen (secondary N) is 1. The number of amides is 2. The largest absolute Gasteiger partial charge is 0.497 e. The second-order valence-electron chi connectivity index (χ2n) is 9.11. The van der Waals surface area contributed by atoms with Gasteiger partial charge in [0.05, 0.1) is 27.7 Å². The SMILES string of the molecule is CCCCNC(=O)[C@@H](C)N(Cc1ccc(Cl)c(Cl)c1)C(=O)CN(c1ccccc1)S(=O)(=O)c1ccc(OC)cc1. The number of hydrogen-bond acceptors (Lipinski definition) is 5. The highest BCUT2D eigenvalue weighted by Crippen LogP contribution is 2.27. The number of anilines is 1. The van der Waals surface area contributed by atoms with Crippen LogP contribution in [0.1, 0.15) is 32.3 Å². The number of nitrogens with zero attached hydrogens (tertiary/aromatic N) is 2. The molecule has 11 heteroatoms. The summed E-state index contributed by atoms with van der Waals surface area (Å²) in [5, 5.41) is 3.51. The van der Waals surface area contributed by atoms with Crippen LogP contribution in [0.4, 0.5) is 5.69 Å². The Balaban J connectivity index is 1.99. The van der Waals surface area contributed by atoms with E-state index < -0.39 is 28.5 Å². The number of methoxy groups -OCH3 is 1. The summed E-state index contributed by atoms with van der Waals surface area (Å²) in [4.78, 5) is 28.3. The van der Waals surface area contributed by atoms with Gasteiger partial charge in [0, 0.05) is 13.1 Å². The van der Waals surface area contributed by atoms with Crippen LogP contribution in [-0.2, 0) is 26.2 Å². The molecule has 0 aromatic heterocycles. The molecule has 0 heterocycles. The zero-order chi connectivity index (χ0) is 29.3. The summed E-state index contributed by atoms with van der Waals surface area (Å²) in [5.74, 6) is -0.409. The summed E-state index contributed by atoms with van der Waals surface area (Å²) in [6.07, 6.45) is 1.69. The fourth-order valence-corrected chi connectivity index (χ4v) is 5.69. The Kier molecular flexibility index (Phi) is 11.2. The van der Waals surface area contributed by atoms with Crippen LogP contribution in [0.25, 0.3) is 0 Å². The molecular formula is C29H33Cl2N3O5S. The lowest BCUT2D eigenvalue weighted by atomic mass is 10.1. The molecule has 0 fully saturated rings. The molecular weight excluding hydrogens is 573 g/mol. The van der Waals surface area contributed by atoms with Gasteiger partial charge in [-0.15, -0.1) is 0 Å². The first-order chi connectivity index (χ1) is 19.1. The molecule has 40 heavy (non-hydrogen) atoms. The molecule has 0 radical (unpaired) electrons. The first kappa shape index (κ1) is 31.3. The molecule has 3 aromatic carbocycles. The van der Waals surface area contributed by atoms with Gasteiger partial charge in [0.1, 0.15) is 18.3 Å². The van der Waals surface area contributed by atoms with Crippen LogP contribution in [-0.4, -0.2) is 51.4 Å². The Morgan fingerprint density at radius 2 is 1.65 bits per heavy atom. The van der Waals surface area contributed by atoms with E-state index in [1.54, 1.807) is 55.5 Å². The molecule has 0 spiro atoms. The highest BCUT2D eigenvalue weighted by molar-refractivity contribution is 7.92. The lowest BCUT2D eigenvalue weighted by Gasteiger charge is -2.32. The number of rotatable bonds is 13. The Bertz CT molecular complexity index is 1400. The van der Waals surface area contributed by atoms with E-state index in [1.165, 1.54) is 36.3 Å². The molecule has 8 nitrogen and oxygen atoms in total. The van der Waals surface area contributed by atoms with E-state index in [0.29, 0.717) is 33.6 Å². The van der Waals surface area contributed by atoms with Crippen molar-refractivity contribution in [3.63, 3.8) is 0 Å². The summed E-state index contributed by atoms with van der Waals surface area (Å²) in [5.41, 5.74) is 0.946. The van der Waals surface area contributed by atoms with Crippen molar-refractivity contribution < 1.29 is 22.7 Å². The lowest BCUT2D eigenvalue weighted by Crippen LogP contribution is -2.51. The summed E-state index contributed by atoms with van der Waals surface area (Å²) in [6, 6.07) is 18.3. The molecule has 0 aliphatic heterocycles. The predicted molar refractivity (Wildman–Crippen MR) is 158 cm³/mol. The average Bonchev–Trinajstić information content (AvgIpc) is 2.96. The van der Waals surface area contributed by atoms with Gasteiger partial charge < -0.3 is 15.0 Å². The summed E-state index contributed by atoms with van der Waals surface area (Å²) >= 11 is 12.3. The van der Waals surface area contributed by atoms with Crippen molar-refractivity contribution in [2.45, 2.75) is 44.2 Å². The van der Waals surface area contributed by atoms with Gasteiger partial charge in [-0.3, -0.25) is 13.9 Å². The average molecular weight is 607 g/mol. The van der Waals surface area contributed by atoms with Crippen molar-refractivity contribution in [1.29, 1.82) is 0 Å². The van der Waals surface area contributed by atoms with Crippen LogP contribution < -0.4 is 14.4 Å². The van der Waals surface area contributed by atoms with E-state index in [4.69, 9.17) is 27.9 Å². The van der Waals surface area contributed by atoms with Crippen molar-refractivity contribution >= 4 is 50.7 Å². The first-order valence-corrected chi connectivity index (χ1v) is 15.0. The minimum absolute atomic E-state index is 0.00802. The highest BCUT2D eigenvalue weighted by atomic mass is 35.5. The standard InChI is InChI=1S/C29H33Cl2N3O5S/c1-4-5-17-32-29(36)21(2)33(19-22-11-16-26(30)27(31)18-22)28(35)20-34(23-9-7-6-8-10-23)40(37,38)25-14-12-24(39-3)13-15-25/h6-16,18,21H,4-5,17,19-20H2,1-3H3,(H,32,36)/t21-/m1/s1. The van der Waals surface area contributed by atoms with Crippen LogP contribution in [0.15, 0.2) is 77.7 Å². The van der Waals surface area contributed by atoms with E-state index in [9.17, 15) is 18.0 Å². The Labute approximate surface area is 245 Å². The number of carbonyl (C=O) groups excluding carboxylic acids is 2. The molecule has 0 bridgehead atoms. The topological polar surface area (TPSA) is 96.0 Å². The van der Waals surface area contributed by atoms with Crippen LogP contribution in [0.2, 0.25) is 10.0 Å². The van der Waals surface area contributed by atoms with Gasteiger partial charge in [0.25, 0.3) is 10.0 Å². The Hall–Kier alpha value is -3.27. The molecule has 1 N–H and O–H groups in total. The van der Waals surface area contributed by atoms with E-state index in [0.717, 1.165) is 17.1 Å². The van der Waals surface area contributed by atoms with Gasteiger partial charge in [0.2, 0.25) is 11.8 Å². The number of ether oxygens (including phenoxy) is 1. The quantitative estimate of drug-likeness (QED) is 0.258. The normalized spacial score (nSPS) is 11.9. The van der Waals surface area contributed by atoms with Gasteiger partial charge in [0.15, 0.2) is 0 Å². The number of carbonyl (C=O) groups is 2. The van der Waals surface area contributed by atoms with Crippen LogP contribution >= 0.6 is 23.2 Å². The fraction of sp³-hybridized carbons (Fsp3) is 0.310. The number of sulfonamides is 1.